The van der Waals surface area contributed by atoms with Gasteiger partial charge in [0.05, 0.1) is 10.9 Å². The van der Waals surface area contributed by atoms with E-state index < -0.39 is 0 Å². The van der Waals surface area contributed by atoms with Gasteiger partial charge >= 0.3 is 0 Å². The Morgan fingerprint density at radius 1 is 1.26 bits per heavy atom. The van der Waals surface area contributed by atoms with E-state index in [-0.39, 0.29) is 29.3 Å². The summed E-state index contributed by atoms with van der Waals surface area (Å²) in [4.78, 5) is 28.4. The molecule has 27 heavy (non-hydrogen) atoms. The predicted molar refractivity (Wildman–Crippen MR) is 99.7 cm³/mol. The van der Waals surface area contributed by atoms with Crippen molar-refractivity contribution in [2.45, 2.75) is 48.9 Å². The topological polar surface area (TPSA) is 75.9 Å². The molecule has 146 valence electrons. The predicted octanol–water partition coefficient (Wildman–Crippen LogP) is 1.89. The van der Waals surface area contributed by atoms with E-state index >= 15 is 0 Å². The number of likely N-dealkylation sites (tertiary alicyclic amines) is 2. The molecule has 1 spiro atoms. The molecule has 0 N–H and O–H groups in total. The molecular formula is C19H25N3O4S. The first kappa shape index (κ1) is 17.6. The molecule has 1 aliphatic carbocycles. The summed E-state index contributed by atoms with van der Waals surface area (Å²) in [7, 11) is 0. The van der Waals surface area contributed by atoms with Gasteiger partial charge in [-0.3, -0.25) is 9.59 Å². The molecule has 1 aromatic heterocycles. The van der Waals surface area contributed by atoms with Crippen molar-refractivity contribution in [3.8, 4) is 0 Å². The van der Waals surface area contributed by atoms with Gasteiger partial charge in [0, 0.05) is 43.9 Å². The number of carbonyl (C=O) groups excluding carboxylic acids is 2. The molecule has 4 fully saturated rings. The van der Waals surface area contributed by atoms with Crippen LogP contribution in [-0.2, 0) is 9.53 Å². The maximum atomic E-state index is 12.6. The van der Waals surface area contributed by atoms with E-state index in [0.717, 1.165) is 69.8 Å². The Morgan fingerprint density at radius 3 is 2.78 bits per heavy atom. The van der Waals surface area contributed by atoms with Crippen LogP contribution < -0.4 is 0 Å². The third-order valence-corrected chi connectivity index (χ3v) is 7.62. The maximum Gasteiger partial charge on any atom is 0.276 e. The van der Waals surface area contributed by atoms with Gasteiger partial charge in [-0.15, -0.1) is 11.8 Å². The van der Waals surface area contributed by atoms with Crippen LogP contribution in [0.1, 0.15) is 54.3 Å². The Balaban J connectivity index is 1.09. The van der Waals surface area contributed by atoms with Crippen LogP contribution in [0.4, 0.5) is 0 Å². The van der Waals surface area contributed by atoms with Gasteiger partial charge in [-0.2, -0.15) is 0 Å². The molecule has 4 aliphatic rings. The summed E-state index contributed by atoms with van der Waals surface area (Å²) >= 11 is 1.87. The number of amides is 2. The van der Waals surface area contributed by atoms with Crippen LogP contribution in [0.25, 0.3) is 0 Å². The quantitative estimate of drug-likeness (QED) is 0.763. The van der Waals surface area contributed by atoms with Gasteiger partial charge < -0.3 is 19.1 Å². The number of hydrogen-bond donors (Lipinski definition) is 0. The second-order valence-corrected chi connectivity index (χ2v) is 9.76. The number of carbonyl (C=O) groups is 2. The molecule has 3 saturated heterocycles. The number of nitrogens with zero attached hydrogens (tertiary/aromatic N) is 3. The van der Waals surface area contributed by atoms with Crippen LogP contribution in [0, 0.1) is 0 Å². The zero-order valence-electron chi connectivity index (χ0n) is 15.4. The van der Waals surface area contributed by atoms with Crippen LogP contribution in [-0.4, -0.2) is 76.2 Å². The summed E-state index contributed by atoms with van der Waals surface area (Å²) in [6.45, 7) is 3.37. The summed E-state index contributed by atoms with van der Waals surface area (Å²) < 4.78 is 11.3. The van der Waals surface area contributed by atoms with Crippen molar-refractivity contribution in [2.24, 2.45) is 0 Å². The monoisotopic (exact) mass is 391 g/mol. The highest BCUT2D eigenvalue weighted by Crippen LogP contribution is 2.46. The summed E-state index contributed by atoms with van der Waals surface area (Å²) in [5.74, 6) is 2.28. The Morgan fingerprint density at radius 2 is 2.04 bits per heavy atom. The Bertz CT molecular complexity index is 735. The molecule has 5 rings (SSSR count). The average Bonchev–Trinajstić information content (AvgIpc) is 3.11. The van der Waals surface area contributed by atoms with Crippen molar-refractivity contribution >= 4 is 23.6 Å². The molecule has 8 heteroatoms. The fourth-order valence-corrected chi connectivity index (χ4v) is 5.83. The van der Waals surface area contributed by atoms with Crippen LogP contribution >= 0.6 is 11.8 Å². The molecule has 4 heterocycles. The second kappa shape index (κ2) is 6.81. The number of rotatable bonds is 5. The van der Waals surface area contributed by atoms with Crippen molar-refractivity contribution in [3.63, 3.8) is 0 Å². The van der Waals surface area contributed by atoms with Gasteiger partial charge in [0.2, 0.25) is 5.91 Å². The lowest BCUT2D eigenvalue weighted by Crippen LogP contribution is -2.60. The third-order valence-electron chi connectivity index (χ3n) is 6.05. The molecule has 1 atom stereocenters. The summed E-state index contributed by atoms with van der Waals surface area (Å²) in [6, 6.07) is 1.81. The molecule has 1 unspecified atom stereocenters. The van der Waals surface area contributed by atoms with Crippen LogP contribution in [0.15, 0.2) is 10.6 Å². The van der Waals surface area contributed by atoms with Crippen molar-refractivity contribution < 1.29 is 18.8 Å². The Hall–Kier alpha value is -1.54. The fourth-order valence-electron chi connectivity index (χ4n) is 4.28. The Kier molecular flexibility index (Phi) is 4.43. The summed E-state index contributed by atoms with van der Waals surface area (Å²) in [5.41, 5.74) is 0.429. The van der Waals surface area contributed by atoms with Crippen molar-refractivity contribution in [2.75, 3.05) is 38.5 Å². The van der Waals surface area contributed by atoms with Crippen molar-refractivity contribution in [3.05, 3.63) is 17.5 Å². The number of thioether (sulfide) groups is 1. The fraction of sp³-hybridized carbons (Fsp3) is 0.737. The first-order valence-corrected chi connectivity index (χ1v) is 10.9. The molecule has 0 aromatic carbocycles. The molecule has 3 aliphatic heterocycles. The largest absolute Gasteiger partial charge is 0.367 e. The highest BCUT2D eigenvalue weighted by Gasteiger charge is 2.51. The van der Waals surface area contributed by atoms with E-state index in [9.17, 15) is 9.59 Å². The van der Waals surface area contributed by atoms with Gasteiger partial charge in [0.1, 0.15) is 12.4 Å². The van der Waals surface area contributed by atoms with E-state index in [4.69, 9.17) is 9.26 Å². The molecular weight excluding hydrogens is 366 g/mol. The van der Waals surface area contributed by atoms with Crippen molar-refractivity contribution in [1.29, 1.82) is 0 Å². The van der Waals surface area contributed by atoms with Gasteiger partial charge in [-0.05, 0) is 32.1 Å². The van der Waals surface area contributed by atoms with E-state index in [1.807, 2.05) is 27.6 Å². The first-order chi connectivity index (χ1) is 13.1. The van der Waals surface area contributed by atoms with Crippen LogP contribution in [0.3, 0.4) is 0 Å². The van der Waals surface area contributed by atoms with Gasteiger partial charge in [-0.25, -0.2) is 0 Å². The van der Waals surface area contributed by atoms with Crippen LogP contribution in [0.2, 0.25) is 0 Å². The van der Waals surface area contributed by atoms with E-state index in [2.05, 4.69) is 5.16 Å². The zero-order chi connectivity index (χ0) is 18.4. The molecule has 0 bridgehead atoms. The second-order valence-electron chi connectivity index (χ2n) is 8.27. The average molecular weight is 391 g/mol. The standard InChI is InChI=1S/C19H25N3O4S/c23-17(21-5-1-2-6-21)9-25-14-8-19(27-10-14)11-22(12-19)18(24)15-7-16(26-20-15)13-3-4-13/h7,13-14H,1-6,8-12H2. The lowest BCUT2D eigenvalue weighted by molar-refractivity contribution is -0.136. The first-order valence-electron chi connectivity index (χ1n) is 9.91. The lowest BCUT2D eigenvalue weighted by atomic mass is 9.92. The molecule has 1 saturated carbocycles. The van der Waals surface area contributed by atoms with E-state index in [1.54, 1.807) is 0 Å². The van der Waals surface area contributed by atoms with Crippen molar-refractivity contribution in [1.82, 2.24) is 15.0 Å². The highest BCUT2D eigenvalue weighted by atomic mass is 32.2. The molecule has 2 amide bonds. The minimum Gasteiger partial charge on any atom is -0.367 e. The lowest BCUT2D eigenvalue weighted by Gasteiger charge is -2.47. The Labute approximate surface area is 162 Å². The van der Waals surface area contributed by atoms with E-state index in [0.29, 0.717) is 11.6 Å². The van der Waals surface area contributed by atoms with Gasteiger partial charge in [0.25, 0.3) is 5.91 Å². The summed E-state index contributed by atoms with van der Waals surface area (Å²) in [6.07, 6.45) is 5.48. The van der Waals surface area contributed by atoms with Crippen LogP contribution in [0.5, 0.6) is 0 Å². The minimum atomic E-state index is -0.0366. The normalized spacial score (nSPS) is 26.6. The molecule has 1 aromatic rings. The third kappa shape index (κ3) is 3.49. The molecule has 0 radical (unpaired) electrons. The van der Waals surface area contributed by atoms with Gasteiger partial charge in [0.15, 0.2) is 5.69 Å². The SMILES string of the molecule is O=C(COC1CSC2(C1)CN(C(=O)c1cc(C3CC3)on1)C2)N1CCCC1. The summed E-state index contributed by atoms with van der Waals surface area (Å²) in [5, 5.41) is 3.96. The minimum absolute atomic E-state index is 0.0366. The molecule has 7 nitrogen and oxygen atoms in total. The van der Waals surface area contributed by atoms with E-state index in [1.165, 1.54) is 0 Å². The number of hydrogen-bond acceptors (Lipinski definition) is 6. The van der Waals surface area contributed by atoms with Gasteiger partial charge in [-0.1, -0.05) is 5.16 Å². The number of ether oxygens (including phenoxy) is 1. The number of aromatic nitrogens is 1. The smallest absolute Gasteiger partial charge is 0.276 e. The zero-order valence-corrected chi connectivity index (χ0v) is 16.2. The highest BCUT2D eigenvalue weighted by molar-refractivity contribution is 8.01. The maximum absolute atomic E-state index is 12.6.